The van der Waals surface area contributed by atoms with Gasteiger partial charge in [0.25, 0.3) is 17.7 Å². The van der Waals surface area contributed by atoms with Crippen LogP contribution in [0.3, 0.4) is 0 Å². The second kappa shape index (κ2) is 16.3. The first-order chi connectivity index (χ1) is 19.0. The van der Waals surface area contributed by atoms with Crippen LogP contribution < -0.4 is 10.6 Å². The maximum absolute atomic E-state index is 13.3. The van der Waals surface area contributed by atoms with E-state index >= 15 is 0 Å². The zero-order valence-corrected chi connectivity index (χ0v) is 26.5. The topological polar surface area (TPSA) is 134 Å². The minimum Gasteiger partial charge on any atom is -0.499 e. The molecule has 41 heavy (non-hydrogen) atoms. The molecule has 0 aromatic carbocycles. The highest BCUT2D eigenvalue weighted by Gasteiger charge is 2.35. The molecule has 0 aromatic rings. The summed E-state index contributed by atoms with van der Waals surface area (Å²) in [6.45, 7) is 14.9. The Morgan fingerprint density at radius 1 is 0.976 bits per heavy atom. The van der Waals surface area contributed by atoms with Gasteiger partial charge < -0.3 is 20.1 Å². The average Bonchev–Trinajstić information content (AvgIpc) is 3.13. The standard InChI is InChI=1S/C30H50N4O7/c1-17(2)14-22(32-29(38)24(15-18(3)4)41-30(39)27(19(5)6)33(9)10)28(37)31-20(7)12-13-25(35)34-21(8)23(40-11)16-26(34)36/h12-13,16-22,24,27H,14-15H2,1-11H3,(H,31,37)(H,32,38)/b13-12+/t20-,21-,22-,24-,27-/m0/s1. The predicted molar refractivity (Wildman–Crippen MR) is 156 cm³/mol. The molecule has 1 heterocycles. The fourth-order valence-electron chi connectivity index (χ4n) is 4.73. The van der Waals surface area contributed by atoms with E-state index in [0.29, 0.717) is 18.6 Å². The van der Waals surface area contributed by atoms with Gasteiger partial charge in [-0.05, 0) is 58.5 Å². The fraction of sp³-hybridized carbons (Fsp3) is 0.700. The van der Waals surface area contributed by atoms with Gasteiger partial charge in [-0.3, -0.25) is 33.8 Å². The molecule has 0 aliphatic carbocycles. The normalized spacial score (nSPS) is 18.5. The molecule has 0 saturated carbocycles. The summed E-state index contributed by atoms with van der Waals surface area (Å²) in [5, 5.41) is 5.59. The second-order valence-corrected chi connectivity index (χ2v) is 12.0. The van der Waals surface area contributed by atoms with Gasteiger partial charge in [-0.1, -0.05) is 47.6 Å². The lowest BCUT2D eigenvalue weighted by molar-refractivity contribution is -0.163. The maximum Gasteiger partial charge on any atom is 0.324 e. The number of nitrogens with zero attached hydrogens (tertiary/aromatic N) is 2. The molecule has 0 aromatic heterocycles. The van der Waals surface area contributed by atoms with Crippen molar-refractivity contribution in [2.45, 2.75) is 98.5 Å². The third-order valence-corrected chi connectivity index (χ3v) is 6.68. The van der Waals surface area contributed by atoms with E-state index in [9.17, 15) is 24.0 Å². The van der Waals surface area contributed by atoms with Crippen LogP contribution in [0.5, 0.6) is 0 Å². The van der Waals surface area contributed by atoms with E-state index in [2.05, 4.69) is 10.6 Å². The zero-order chi connectivity index (χ0) is 31.6. The van der Waals surface area contributed by atoms with Crippen LogP contribution in [-0.2, 0) is 33.4 Å². The lowest BCUT2D eigenvalue weighted by atomic mass is 10.0. The lowest BCUT2D eigenvalue weighted by Crippen LogP contribution is -2.53. The summed E-state index contributed by atoms with van der Waals surface area (Å²) in [6, 6.07) is -2.50. The molecule has 4 amide bonds. The molecule has 0 saturated heterocycles. The van der Waals surface area contributed by atoms with Crippen molar-refractivity contribution < 1.29 is 33.4 Å². The molecule has 5 atom stereocenters. The van der Waals surface area contributed by atoms with Gasteiger partial charge in [0, 0.05) is 18.2 Å². The van der Waals surface area contributed by atoms with Gasteiger partial charge in [-0.15, -0.1) is 0 Å². The van der Waals surface area contributed by atoms with Gasteiger partial charge in [-0.25, -0.2) is 0 Å². The molecule has 0 fully saturated rings. The van der Waals surface area contributed by atoms with Crippen LogP contribution in [-0.4, -0.2) is 90.9 Å². The van der Waals surface area contributed by atoms with E-state index in [1.54, 1.807) is 32.8 Å². The van der Waals surface area contributed by atoms with Gasteiger partial charge in [0.15, 0.2) is 6.10 Å². The van der Waals surface area contributed by atoms with E-state index in [1.165, 1.54) is 25.3 Å². The number of ether oxygens (including phenoxy) is 2. The summed E-state index contributed by atoms with van der Waals surface area (Å²) in [5.74, 6) is -1.94. The molecule has 11 nitrogen and oxygen atoms in total. The highest BCUT2D eigenvalue weighted by molar-refractivity contribution is 6.07. The highest BCUT2D eigenvalue weighted by atomic mass is 16.5. The van der Waals surface area contributed by atoms with E-state index < -0.39 is 59.9 Å². The van der Waals surface area contributed by atoms with Crippen LogP contribution in [0.2, 0.25) is 0 Å². The SMILES string of the molecule is COC1=CC(=O)N(C(=O)/C=C/[C@H](C)NC(=O)[C@H](CC(C)C)NC(=O)[C@H](CC(C)C)OC(=O)[C@H](C(C)C)N(C)C)[C@H]1C. The van der Waals surface area contributed by atoms with Gasteiger partial charge in [0.2, 0.25) is 5.91 Å². The number of esters is 1. The molecule has 232 valence electrons. The Morgan fingerprint density at radius 2 is 1.56 bits per heavy atom. The minimum atomic E-state index is -1.05. The fourth-order valence-corrected chi connectivity index (χ4v) is 4.73. The number of hydrogen-bond acceptors (Lipinski definition) is 8. The number of amides is 4. The predicted octanol–water partition coefficient (Wildman–Crippen LogP) is 2.41. The number of likely N-dealkylation sites (N-methyl/N-ethyl adjacent to an activating group) is 1. The Balaban J connectivity index is 2.97. The van der Waals surface area contributed by atoms with Crippen molar-refractivity contribution in [1.29, 1.82) is 0 Å². The summed E-state index contributed by atoms with van der Waals surface area (Å²) in [6.07, 6.45) is 3.60. The largest absolute Gasteiger partial charge is 0.499 e. The summed E-state index contributed by atoms with van der Waals surface area (Å²) in [7, 11) is 5.00. The van der Waals surface area contributed by atoms with Gasteiger partial charge in [-0.2, -0.15) is 0 Å². The van der Waals surface area contributed by atoms with Crippen molar-refractivity contribution in [2.24, 2.45) is 17.8 Å². The van der Waals surface area contributed by atoms with Crippen LogP contribution >= 0.6 is 0 Å². The Bertz CT molecular complexity index is 995. The van der Waals surface area contributed by atoms with Crippen LogP contribution in [0.1, 0.15) is 68.2 Å². The number of rotatable bonds is 15. The van der Waals surface area contributed by atoms with Crippen molar-refractivity contribution in [2.75, 3.05) is 21.2 Å². The zero-order valence-electron chi connectivity index (χ0n) is 26.5. The van der Waals surface area contributed by atoms with Crippen molar-refractivity contribution in [3.05, 3.63) is 24.0 Å². The summed E-state index contributed by atoms with van der Waals surface area (Å²) in [4.78, 5) is 67.2. The molecule has 1 aliphatic rings. The van der Waals surface area contributed by atoms with Crippen molar-refractivity contribution >= 4 is 29.6 Å². The maximum atomic E-state index is 13.3. The Kier molecular flexibility index (Phi) is 14.2. The van der Waals surface area contributed by atoms with E-state index in [-0.39, 0.29) is 17.8 Å². The number of imide groups is 1. The van der Waals surface area contributed by atoms with Gasteiger partial charge in [0.05, 0.1) is 13.2 Å². The van der Waals surface area contributed by atoms with Crippen LogP contribution in [0, 0.1) is 17.8 Å². The second-order valence-electron chi connectivity index (χ2n) is 12.0. The van der Waals surface area contributed by atoms with Crippen molar-refractivity contribution in [1.82, 2.24) is 20.4 Å². The monoisotopic (exact) mass is 578 g/mol. The third-order valence-electron chi connectivity index (χ3n) is 6.68. The molecule has 11 heteroatoms. The first-order valence-electron chi connectivity index (χ1n) is 14.3. The highest BCUT2D eigenvalue weighted by Crippen LogP contribution is 2.20. The lowest BCUT2D eigenvalue weighted by Gasteiger charge is -2.29. The van der Waals surface area contributed by atoms with Crippen LogP contribution in [0.4, 0.5) is 0 Å². The smallest absolute Gasteiger partial charge is 0.324 e. The molecule has 0 bridgehead atoms. The first-order valence-corrected chi connectivity index (χ1v) is 14.3. The third kappa shape index (κ3) is 10.9. The van der Waals surface area contributed by atoms with Gasteiger partial charge >= 0.3 is 5.97 Å². The number of nitrogens with one attached hydrogen (secondary N) is 2. The molecule has 0 unspecified atom stereocenters. The number of carbonyl (C=O) groups excluding carboxylic acids is 5. The number of carbonyl (C=O) groups is 5. The minimum absolute atomic E-state index is 0.0220. The quantitative estimate of drug-likeness (QED) is 0.224. The molecular weight excluding hydrogens is 528 g/mol. The van der Waals surface area contributed by atoms with Crippen LogP contribution in [0.15, 0.2) is 24.0 Å². The van der Waals surface area contributed by atoms with E-state index in [4.69, 9.17) is 9.47 Å². The Morgan fingerprint density at radius 3 is 2.02 bits per heavy atom. The summed E-state index contributed by atoms with van der Waals surface area (Å²) < 4.78 is 10.8. The average molecular weight is 579 g/mol. The molecule has 1 aliphatic heterocycles. The summed E-state index contributed by atoms with van der Waals surface area (Å²) >= 11 is 0. The molecule has 1 rings (SSSR count). The van der Waals surface area contributed by atoms with Crippen LogP contribution in [0.25, 0.3) is 0 Å². The van der Waals surface area contributed by atoms with Crippen molar-refractivity contribution in [3.63, 3.8) is 0 Å². The van der Waals surface area contributed by atoms with E-state index in [0.717, 1.165) is 4.90 Å². The number of hydrogen-bond donors (Lipinski definition) is 2. The first kappa shape index (κ1) is 35.8. The Labute approximate surface area is 245 Å². The molecule has 0 radical (unpaired) electrons. The Hall–Kier alpha value is -3.21. The molecule has 2 N–H and O–H groups in total. The van der Waals surface area contributed by atoms with E-state index in [1.807, 2.05) is 41.5 Å². The summed E-state index contributed by atoms with van der Waals surface area (Å²) in [5.41, 5.74) is 0. The van der Waals surface area contributed by atoms with Gasteiger partial charge in [0.1, 0.15) is 17.8 Å². The molecular formula is C30H50N4O7. The van der Waals surface area contributed by atoms with Crippen molar-refractivity contribution in [3.8, 4) is 0 Å². The molecule has 0 spiro atoms. The number of methoxy groups -OCH3 is 1.